The van der Waals surface area contributed by atoms with Crippen molar-refractivity contribution < 1.29 is 18.6 Å². The predicted molar refractivity (Wildman–Crippen MR) is 123 cm³/mol. The number of pyridine rings is 1. The van der Waals surface area contributed by atoms with Gasteiger partial charge in [0.25, 0.3) is 0 Å². The second-order valence-corrected chi connectivity index (χ2v) is 11.0. The van der Waals surface area contributed by atoms with E-state index in [0.717, 1.165) is 25.3 Å². The van der Waals surface area contributed by atoms with Crippen LogP contribution in [-0.2, 0) is 0 Å². The van der Waals surface area contributed by atoms with Crippen LogP contribution in [0.25, 0.3) is 11.3 Å². The Labute approximate surface area is 197 Å². The minimum Gasteiger partial charge on any atom is -0.431 e. The molecule has 3 aliphatic heterocycles. The predicted octanol–water partition coefficient (Wildman–Crippen LogP) is 2.74. The highest BCUT2D eigenvalue weighted by atomic mass is 19.3. The summed E-state index contributed by atoms with van der Waals surface area (Å²) >= 11 is 0. The van der Waals surface area contributed by atoms with Crippen LogP contribution in [0.2, 0.25) is 0 Å². The van der Waals surface area contributed by atoms with Crippen LogP contribution in [0.5, 0.6) is 5.75 Å². The fourth-order valence-corrected chi connectivity index (χ4v) is 6.19. The van der Waals surface area contributed by atoms with E-state index in [0.29, 0.717) is 53.5 Å². The molecule has 2 saturated carbocycles. The van der Waals surface area contributed by atoms with Crippen molar-refractivity contribution in [2.75, 3.05) is 36.8 Å². The Bertz CT molecular complexity index is 1090. The maximum absolute atomic E-state index is 12.8. The van der Waals surface area contributed by atoms with Crippen LogP contribution in [0.3, 0.4) is 0 Å². The summed E-state index contributed by atoms with van der Waals surface area (Å²) in [5.41, 5.74) is 7.26. The van der Waals surface area contributed by atoms with Crippen molar-refractivity contribution >= 4 is 11.8 Å². The summed E-state index contributed by atoms with van der Waals surface area (Å²) in [6, 6.07) is 3.93. The minimum atomic E-state index is -2.98. The Morgan fingerprint density at radius 1 is 1.18 bits per heavy atom. The quantitative estimate of drug-likeness (QED) is 0.635. The van der Waals surface area contributed by atoms with Gasteiger partial charge in [-0.25, -0.2) is 15.0 Å². The number of hydrogen-bond acceptors (Lipinski definition) is 8. The van der Waals surface area contributed by atoms with Crippen LogP contribution in [0.4, 0.5) is 20.5 Å². The monoisotopic (exact) mass is 472 g/mol. The molecule has 34 heavy (non-hydrogen) atoms. The lowest BCUT2D eigenvalue weighted by atomic mass is 9.86. The van der Waals surface area contributed by atoms with Gasteiger partial charge in [-0.1, -0.05) is 0 Å². The number of β-amino-alcohol motifs (C(OH)–C–C–N with tert-alkyl or cyclic N) is 1. The Balaban J connectivity index is 1.31. The van der Waals surface area contributed by atoms with Gasteiger partial charge in [-0.05, 0) is 56.6 Å². The number of ether oxygens (including phenoxy) is 1. The molecule has 5 aliphatic rings. The minimum absolute atomic E-state index is 0.0810. The maximum atomic E-state index is 12.8. The number of aliphatic hydroxyl groups is 1. The van der Waals surface area contributed by atoms with Gasteiger partial charge in [0.05, 0.1) is 17.0 Å². The smallest absolute Gasteiger partial charge is 0.387 e. The molecule has 2 aromatic heterocycles. The molecule has 3 atom stereocenters. The molecule has 0 spiro atoms. The summed E-state index contributed by atoms with van der Waals surface area (Å²) in [6.45, 7) is 4.20. The van der Waals surface area contributed by atoms with E-state index in [1.807, 2.05) is 19.9 Å². The summed E-state index contributed by atoms with van der Waals surface area (Å²) < 4.78 is 30.2. The normalized spacial score (nSPS) is 29.9. The number of fused-ring (bicyclic) bond motifs is 2. The van der Waals surface area contributed by atoms with Gasteiger partial charge in [0.15, 0.2) is 11.6 Å². The molecule has 7 rings (SSSR count). The number of halogens is 2. The zero-order chi connectivity index (χ0) is 23.8. The lowest BCUT2D eigenvalue weighted by Crippen LogP contribution is -2.38. The van der Waals surface area contributed by atoms with Crippen molar-refractivity contribution in [1.29, 1.82) is 0 Å². The third-order valence-electron chi connectivity index (χ3n) is 7.71. The summed E-state index contributed by atoms with van der Waals surface area (Å²) in [5.74, 6) is 2.55. The van der Waals surface area contributed by atoms with Gasteiger partial charge in [-0.3, -0.25) is 4.90 Å². The lowest BCUT2D eigenvalue weighted by molar-refractivity contribution is -0.0494. The fraction of sp³-hybridized carbons (Fsp3) is 0.625. The first kappa shape index (κ1) is 21.9. The van der Waals surface area contributed by atoms with Crippen LogP contribution >= 0.6 is 0 Å². The van der Waals surface area contributed by atoms with Gasteiger partial charge in [0.2, 0.25) is 5.95 Å². The zero-order valence-electron chi connectivity index (χ0n) is 19.4. The van der Waals surface area contributed by atoms with Crippen molar-refractivity contribution in [1.82, 2.24) is 19.9 Å². The average molecular weight is 473 g/mol. The largest absolute Gasteiger partial charge is 0.431 e. The van der Waals surface area contributed by atoms with E-state index in [2.05, 4.69) is 19.5 Å². The van der Waals surface area contributed by atoms with Crippen molar-refractivity contribution in [3.05, 3.63) is 24.0 Å². The summed E-state index contributed by atoms with van der Waals surface area (Å²) in [6.07, 6.45) is 3.91. The number of hydrogen-bond donors (Lipinski definition) is 2. The topological polar surface area (TPSA) is 101 Å². The van der Waals surface area contributed by atoms with E-state index in [9.17, 15) is 13.9 Å². The second kappa shape index (κ2) is 7.71. The van der Waals surface area contributed by atoms with Crippen LogP contribution in [0, 0.1) is 17.8 Å². The number of aromatic nitrogens is 3. The number of alkyl halides is 2. The van der Waals surface area contributed by atoms with Crippen LogP contribution in [0.15, 0.2) is 18.3 Å². The summed E-state index contributed by atoms with van der Waals surface area (Å²) in [7, 11) is 0. The molecular formula is C24H30F2N6O2. The molecule has 2 aliphatic carbocycles. The molecule has 10 heteroatoms. The van der Waals surface area contributed by atoms with Crippen LogP contribution < -0.4 is 15.4 Å². The Morgan fingerprint density at radius 3 is 2.53 bits per heavy atom. The van der Waals surface area contributed by atoms with E-state index >= 15 is 0 Å². The molecule has 1 unspecified atom stereocenters. The third-order valence-corrected chi connectivity index (χ3v) is 7.71. The van der Waals surface area contributed by atoms with Gasteiger partial charge in [0, 0.05) is 49.9 Å². The van der Waals surface area contributed by atoms with Crippen molar-refractivity contribution in [2.45, 2.75) is 50.9 Å². The first-order chi connectivity index (χ1) is 16.1. The molecule has 8 nitrogen and oxygen atoms in total. The standard InChI is InChI=1S/C24H30F2N6O2/c1-24(2,33)11-31-9-15-16(10-31)20(15)18-6-17(13-5-19(34-22(25)26)21(27)28-7-13)29-23(30-18)32-8-12-3-14(32)4-12/h5-7,12,14-16,20,22,33H,3-4,8-11H2,1-2H3,(H2,27,28)/t12?,14?,15-,16+,20?. The molecule has 0 amide bonds. The first-order valence-electron chi connectivity index (χ1n) is 12.0. The van der Waals surface area contributed by atoms with E-state index < -0.39 is 12.2 Å². The highest BCUT2D eigenvalue weighted by Gasteiger charge is 2.57. The van der Waals surface area contributed by atoms with Crippen molar-refractivity contribution in [3.63, 3.8) is 0 Å². The number of rotatable bonds is 7. The number of nitrogens with two attached hydrogens (primary N) is 1. The molecular weight excluding hydrogens is 442 g/mol. The molecule has 3 N–H and O–H groups in total. The summed E-state index contributed by atoms with van der Waals surface area (Å²) in [5, 5.41) is 10.2. The highest BCUT2D eigenvalue weighted by Crippen LogP contribution is 2.58. The van der Waals surface area contributed by atoms with Gasteiger partial charge < -0.3 is 20.5 Å². The molecule has 0 aromatic carbocycles. The van der Waals surface area contributed by atoms with Crippen molar-refractivity contribution in [3.8, 4) is 17.0 Å². The van der Waals surface area contributed by atoms with Crippen LogP contribution in [0.1, 0.15) is 38.3 Å². The van der Waals surface area contributed by atoms with Crippen molar-refractivity contribution in [2.24, 2.45) is 17.8 Å². The molecule has 2 aromatic rings. The first-order valence-corrected chi connectivity index (χ1v) is 12.0. The van der Waals surface area contributed by atoms with E-state index in [1.54, 1.807) is 6.20 Å². The molecule has 182 valence electrons. The average Bonchev–Trinajstić information content (AvgIpc) is 3.11. The van der Waals surface area contributed by atoms with Gasteiger partial charge >= 0.3 is 6.61 Å². The second-order valence-electron chi connectivity index (χ2n) is 11.0. The molecule has 0 radical (unpaired) electrons. The number of anilines is 2. The van der Waals surface area contributed by atoms with E-state index in [4.69, 9.17) is 15.7 Å². The fourth-order valence-electron chi connectivity index (χ4n) is 6.19. The Morgan fingerprint density at radius 2 is 1.91 bits per heavy atom. The zero-order valence-corrected chi connectivity index (χ0v) is 19.4. The van der Waals surface area contributed by atoms with Crippen LogP contribution in [-0.4, -0.2) is 69.4 Å². The van der Waals surface area contributed by atoms with Gasteiger partial charge in [-0.15, -0.1) is 0 Å². The Hall–Kier alpha value is -2.59. The van der Waals surface area contributed by atoms with Gasteiger partial charge in [-0.2, -0.15) is 8.78 Å². The number of nitrogen functional groups attached to an aromatic ring is 1. The Kier molecular flexibility index (Phi) is 4.97. The highest BCUT2D eigenvalue weighted by molar-refractivity contribution is 5.66. The number of piperidine rings is 1. The van der Waals surface area contributed by atoms with E-state index in [1.165, 1.54) is 18.9 Å². The van der Waals surface area contributed by atoms with Gasteiger partial charge in [0.1, 0.15) is 0 Å². The van der Waals surface area contributed by atoms with E-state index in [-0.39, 0.29) is 11.6 Å². The molecule has 2 bridgehead atoms. The molecule has 3 saturated heterocycles. The maximum Gasteiger partial charge on any atom is 0.387 e. The number of nitrogens with zero attached hydrogens (tertiary/aromatic N) is 5. The summed E-state index contributed by atoms with van der Waals surface area (Å²) in [4.78, 5) is 18.5. The third kappa shape index (κ3) is 3.96. The molecule has 5 fully saturated rings. The molecule has 5 heterocycles. The number of likely N-dealkylation sites (tertiary alicyclic amines) is 1. The SMILES string of the molecule is CC(C)(O)CN1C[C@@H]2C(c3cc(-c4cnc(N)c(OC(F)F)c4)nc(N4CC5CC4C5)n3)[C@@H]2C1. The lowest BCUT2D eigenvalue weighted by Gasteiger charge is -2.27.